The summed E-state index contributed by atoms with van der Waals surface area (Å²) in [4.78, 5) is 0. The largest absolute Gasteiger partial charge is 0.469 e. The molecule has 1 heterocycles. The maximum atomic E-state index is 5.33. The average molecular weight is 271 g/mol. The van der Waals surface area contributed by atoms with Gasteiger partial charge in [-0.1, -0.05) is 37.6 Å². The van der Waals surface area contributed by atoms with Crippen LogP contribution in [0.25, 0.3) is 0 Å². The van der Waals surface area contributed by atoms with Crippen LogP contribution in [0.4, 0.5) is 0 Å². The summed E-state index contributed by atoms with van der Waals surface area (Å²) in [7, 11) is 0. The highest BCUT2D eigenvalue weighted by Gasteiger charge is 2.05. The van der Waals surface area contributed by atoms with Crippen LogP contribution in [0.5, 0.6) is 0 Å². The molecule has 0 amide bonds. The first kappa shape index (κ1) is 14.9. The van der Waals surface area contributed by atoms with Gasteiger partial charge in [0.1, 0.15) is 5.76 Å². The van der Waals surface area contributed by atoms with Crippen molar-refractivity contribution in [3.63, 3.8) is 0 Å². The molecule has 1 atom stereocenters. The second-order valence-corrected chi connectivity index (χ2v) is 5.35. The smallest absolute Gasteiger partial charge is 0.105 e. The predicted molar refractivity (Wildman–Crippen MR) is 83.9 cm³/mol. The molecule has 0 spiro atoms. The summed E-state index contributed by atoms with van der Waals surface area (Å²) in [5.41, 5.74) is 2.79. The summed E-state index contributed by atoms with van der Waals surface area (Å²) in [5.74, 6) is 1.04. The molecule has 20 heavy (non-hydrogen) atoms. The fourth-order valence-corrected chi connectivity index (χ4v) is 2.34. The van der Waals surface area contributed by atoms with Crippen LogP contribution >= 0.6 is 0 Å². The van der Waals surface area contributed by atoms with Gasteiger partial charge in [0, 0.05) is 19.0 Å². The van der Waals surface area contributed by atoms with E-state index in [0.29, 0.717) is 6.04 Å². The van der Waals surface area contributed by atoms with Gasteiger partial charge < -0.3 is 9.73 Å². The molecular weight excluding hydrogens is 246 g/mol. The Morgan fingerprint density at radius 2 is 1.90 bits per heavy atom. The number of nitrogens with one attached hydrogen (secondary N) is 1. The Morgan fingerprint density at radius 1 is 1.10 bits per heavy atom. The van der Waals surface area contributed by atoms with E-state index in [1.165, 1.54) is 30.4 Å². The Labute approximate surface area is 122 Å². The molecule has 2 heteroatoms. The van der Waals surface area contributed by atoms with Crippen LogP contribution in [0.1, 0.15) is 49.6 Å². The number of benzene rings is 1. The summed E-state index contributed by atoms with van der Waals surface area (Å²) in [6, 6.07) is 13.4. The molecule has 2 aromatic rings. The highest BCUT2D eigenvalue weighted by molar-refractivity contribution is 5.24. The quantitative estimate of drug-likeness (QED) is 0.764. The number of rotatable bonds is 8. The molecule has 0 fully saturated rings. The normalized spacial score (nSPS) is 12.5. The zero-order chi connectivity index (χ0) is 14.2. The number of hydrogen-bond acceptors (Lipinski definition) is 2. The van der Waals surface area contributed by atoms with Crippen LogP contribution in [0, 0.1) is 0 Å². The molecule has 0 saturated carbocycles. The van der Waals surface area contributed by atoms with Crippen LogP contribution in [-0.4, -0.2) is 6.54 Å². The second kappa shape index (κ2) is 7.91. The third kappa shape index (κ3) is 4.53. The van der Waals surface area contributed by atoms with Crippen LogP contribution in [0.3, 0.4) is 0 Å². The summed E-state index contributed by atoms with van der Waals surface area (Å²) in [6.45, 7) is 5.38. The molecule has 1 aromatic heterocycles. The standard InChI is InChI=1S/C18H25NO/c1-3-4-6-16-8-10-17(11-9-16)15(2)19-13-12-18-7-5-14-20-18/h5,7-11,14-15,19H,3-4,6,12-13H2,1-2H3. The van der Waals surface area contributed by atoms with Gasteiger partial charge in [-0.2, -0.15) is 0 Å². The Kier molecular flexibility index (Phi) is 5.87. The van der Waals surface area contributed by atoms with E-state index in [0.717, 1.165) is 18.7 Å². The molecule has 1 unspecified atom stereocenters. The van der Waals surface area contributed by atoms with E-state index in [9.17, 15) is 0 Å². The van der Waals surface area contributed by atoms with Crippen molar-refractivity contribution >= 4 is 0 Å². The maximum absolute atomic E-state index is 5.33. The monoisotopic (exact) mass is 271 g/mol. The minimum atomic E-state index is 0.380. The topological polar surface area (TPSA) is 25.2 Å². The Hall–Kier alpha value is -1.54. The molecule has 2 nitrogen and oxygen atoms in total. The van der Waals surface area contributed by atoms with Crippen molar-refractivity contribution in [1.29, 1.82) is 0 Å². The van der Waals surface area contributed by atoms with Gasteiger partial charge in [0.25, 0.3) is 0 Å². The first-order valence-electron chi connectivity index (χ1n) is 7.64. The molecule has 0 radical (unpaired) electrons. The second-order valence-electron chi connectivity index (χ2n) is 5.35. The summed E-state index contributed by atoms with van der Waals surface area (Å²) in [5, 5.41) is 3.54. The van der Waals surface area contributed by atoms with Crippen molar-refractivity contribution in [2.45, 2.75) is 45.6 Å². The van der Waals surface area contributed by atoms with Crippen LogP contribution in [0.2, 0.25) is 0 Å². The first-order chi connectivity index (χ1) is 9.79. The number of unbranched alkanes of at least 4 members (excludes halogenated alkanes) is 1. The maximum Gasteiger partial charge on any atom is 0.105 e. The molecule has 0 aliphatic rings. The highest BCUT2D eigenvalue weighted by atomic mass is 16.3. The molecule has 0 aliphatic carbocycles. The highest BCUT2D eigenvalue weighted by Crippen LogP contribution is 2.14. The van der Waals surface area contributed by atoms with E-state index >= 15 is 0 Å². The molecule has 0 saturated heterocycles. The SMILES string of the molecule is CCCCc1ccc(C(C)NCCc2ccco2)cc1. The van der Waals surface area contributed by atoms with E-state index in [-0.39, 0.29) is 0 Å². The minimum Gasteiger partial charge on any atom is -0.469 e. The molecule has 1 N–H and O–H groups in total. The number of furan rings is 1. The minimum absolute atomic E-state index is 0.380. The molecule has 0 bridgehead atoms. The lowest BCUT2D eigenvalue weighted by Crippen LogP contribution is -2.21. The van der Waals surface area contributed by atoms with Crippen LogP contribution in [0.15, 0.2) is 47.1 Å². The van der Waals surface area contributed by atoms with Gasteiger partial charge in [0.15, 0.2) is 0 Å². The van der Waals surface area contributed by atoms with Crippen molar-refractivity contribution < 1.29 is 4.42 Å². The van der Waals surface area contributed by atoms with E-state index < -0.39 is 0 Å². The van der Waals surface area contributed by atoms with Crippen molar-refractivity contribution in [2.24, 2.45) is 0 Å². The fourth-order valence-electron chi connectivity index (χ4n) is 2.34. The number of hydrogen-bond donors (Lipinski definition) is 1. The lowest BCUT2D eigenvalue weighted by atomic mass is 10.0. The van der Waals surface area contributed by atoms with E-state index in [4.69, 9.17) is 4.42 Å². The third-order valence-electron chi connectivity index (χ3n) is 3.70. The van der Waals surface area contributed by atoms with Crippen LogP contribution in [-0.2, 0) is 12.8 Å². The van der Waals surface area contributed by atoms with Gasteiger partial charge in [0.2, 0.25) is 0 Å². The fraction of sp³-hybridized carbons (Fsp3) is 0.444. The summed E-state index contributed by atoms with van der Waals surface area (Å²) >= 11 is 0. The van der Waals surface area contributed by atoms with Crippen molar-refractivity contribution in [2.75, 3.05) is 6.54 Å². The first-order valence-corrected chi connectivity index (χ1v) is 7.64. The van der Waals surface area contributed by atoms with Gasteiger partial charge >= 0.3 is 0 Å². The van der Waals surface area contributed by atoms with Gasteiger partial charge in [-0.05, 0) is 43.0 Å². The molecule has 2 rings (SSSR count). The van der Waals surface area contributed by atoms with Gasteiger partial charge in [0.05, 0.1) is 6.26 Å². The Morgan fingerprint density at radius 3 is 2.55 bits per heavy atom. The van der Waals surface area contributed by atoms with E-state index in [2.05, 4.69) is 43.4 Å². The molecule has 0 aliphatic heterocycles. The summed E-state index contributed by atoms with van der Waals surface area (Å²) in [6.07, 6.45) is 6.39. The number of aryl methyl sites for hydroxylation is 1. The molecular formula is C18H25NO. The Bertz CT molecular complexity index is 473. The molecule has 108 valence electrons. The third-order valence-corrected chi connectivity index (χ3v) is 3.70. The van der Waals surface area contributed by atoms with E-state index in [1.807, 2.05) is 12.1 Å². The zero-order valence-electron chi connectivity index (χ0n) is 12.6. The summed E-state index contributed by atoms with van der Waals surface area (Å²) < 4.78 is 5.33. The van der Waals surface area contributed by atoms with Crippen LogP contribution < -0.4 is 5.32 Å². The average Bonchev–Trinajstić information content (AvgIpc) is 2.99. The predicted octanol–water partition coefficient (Wildman–Crippen LogP) is 4.52. The zero-order valence-corrected chi connectivity index (χ0v) is 12.6. The Balaban J connectivity index is 1.78. The van der Waals surface area contributed by atoms with Gasteiger partial charge in [-0.15, -0.1) is 0 Å². The lowest BCUT2D eigenvalue weighted by Gasteiger charge is -2.14. The molecule has 1 aromatic carbocycles. The van der Waals surface area contributed by atoms with Crippen molar-refractivity contribution in [3.05, 3.63) is 59.5 Å². The van der Waals surface area contributed by atoms with E-state index in [1.54, 1.807) is 6.26 Å². The van der Waals surface area contributed by atoms with Gasteiger partial charge in [-0.3, -0.25) is 0 Å². The van der Waals surface area contributed by atoms with Crippen molar-refractivity contribution in [3.8, 4) is 0 Å². The van der Waals surface area contributed by atoms with Crippen molar-refractivity contribution in [1.82, 2.24) is 5.32 Å². The lowest BCUT2D eigenvalue weighted by molar-refractivity contribution is 0.486. The van der Waals surface area contributed by atoms with Gasteiger partial charge in [-0.25, -0.2) is 0 Å².